The third-order valence-corrected chi connectivity index (χ3v) is 7.45. The van der Waals surface area contributed by atoms with Gasteiger partial charge in [0, 0.05) is 11.6 Å². The molecule has 1 amide bonds. The maximum absolute atomic E-state index is 12.6. The molecule has 0 aliphatic heterocycles. The molecule has 0 saturated carbocycles. The van der Waals surface area contributed by atoms with Crippen LogP contribution in [0.4, 0.5) is 5.69 Å². The summed E-state index contributed by atoms with van der Waals surface area (Å²) in [4.78, 5) is 37.6. The van der Waals surface area contributed by atoms with Crippen molar-refractivity contribution < 1.29 is 23.2 Å². The Kier molecular flexibility index (Phi) is 6.46. The van der Waals surface area contributed by atoms with Crippen molar-refractivity contribution in [2.75, 3.05) is 0 Å². The van der Waals surface area contributed by atoms with Gasteiger partial charge in [0.05, 0.1) is 27.4 Å². The highest BCUT2D eigenvalue weighted by atomic mass is 32.2. The van der Waals surface area contributed by atoms with Gasteiger partial charge in [0.15, 0.2) is 5.75 Å². The zero-order valence-corrected chi connectivity index (χ0v) is 20.9. The molecule has 0 spiro atoms. The minimum atomic E-state index is -4.44. The second kappa shape index (κ2) is 9.91. The quantitative estimate of drug-likeness (QED) is 0.207. The van der Waals surface area contributed by atoms with E-state index < -0.39 is 37.2 Å². The highest BCUT2D eigenvalue weighted by Gasteiger charge is 2.23. The van der Waals surface area contributed by atoms with Gasteiger partial charge in [-0.15, -0.1) is 0 Å². The minimum Gasteiger partial charge on any atom is -0.502 e. The van der Waals surface area contributed by atoms with E-state index in [2.05, 4.69) is 4.98 Å². The number of aromatic nitrogens is 2. The van der Waals surface area contributed by atoms with E-state index in [0.29, 0.717) is 18.1 Å². The van der Waals surface area contributed by atoms with Crippen LogP contribution in [0.15, 0.2) is 101 Å². The standard InChI is InChI=1S/C27H20N4O7S/c32-25-13-11-21(15-24(25)31(35)36)39(37,38)29-26(33)19-8-6-18(7-9-19)20-10-12-23-22(14-20)28-27(34)30(23)16-17-4-2-1-3-5-17/h1-15,32H,16H2,(H,28,34)(H,29,33). The largest absolute Gasteiger partial charge is 0.502 e. The maximum atomic E-state index is 12.6. The number of nitro groups is 1. The number of nitrogens with zero attached hydrogens (tertiary/aromatic N) is 2. The van der Waals surface area contributed by atoms with Crippen LogP contribution >= 0.6 is 0 Å². The Morgan fingerprint density at radius 1 is 0.949 bits per heavy atom. The molecule has 5 rings (SSSR count). The van der Waals surface area contributed by atoms with Crippen LogP contribution in [0.2, 0.25) is 0 Å². The van der Waals surface area contributed by atoms with Gasteiger partial charge < -0.3 is 10.1 Å². The summed E-state index contributed by atoms with van der Waals surface area (Å²) >= 11 is 0. The fourth-order valence-corrected chi connectivity index (χ4v) is 5.13. The normalized spacial score (nSPS) is 11.4. The monoisotopic (exact) mass is 544 g/mol. The number of nitrogens with one attached hydrogen (secondary N) is 2. The number of nitro benzene ring substituents is 1. The number of benzene rings is 4. The summed E-state index contributed by atoms with van der Waals surface area (Å²) in [7, 11) is -4.44. The highest BCUT2D eigenvalue weighted by molar-refractivity contribution is 7.90. The molecule has 3 N–H and O–H groups in total. The smallest absolute Gasteiger partial charge is 0.326 e. The summed E-state index contributed by atoms with van der Waals surface area (Å²) in [5, 5.41) is 20.5. The molecule has 0 aliphatic carbocycles. The van der Waals surface area contributed by atoms with Crippen molar-refractivity contribution in [3.63, 3.8) is 0 Å². The van der Waals surface area contributed by atoms with E-state index in [1.807, 2.05) is 53.3 Å². The Hall–Kier alpha value is -5.23. The predicted molar refractivity (Wildman–Crippen MR) is 143 cm³/mol. The third-order valence-electron chi connectivity index (χ3n) is 6.12. The van der Waals surface area contributed by atoms with Crippen LogP contribution in [-0.4, -0.2) is 33.9 Å². The summed E-state index contributed by atoms with van der Waals surface area (Å²) < 4.78 is 28.7. The fourth-order valence-electron chi connectivity index (χ4n) is 4.14. The second-order valence-electron chi connectivity index (χ2n) is 8.65. The number of H-pyrrole nitrogens is 1. The number of phenolic OH excluding ortho intramolecular Hbond substituents is 1. The molecular formula is C27H20N4O7S. The topological polar surface area (TPSA) is 164 Å². The lowest BCUT2D eigenvalue weighted by molar-refractivity contribution is -0.386. The van der Waals surface area contributed by atoms with E-state index in [0.717, 1.165) is 34.3 Å². The second-order valence-corrected chi connectivity index (χ2v) is 10.3. The number of aromatic amines is 1. The van der Waals surface area contributed by atoms with Gasteiger partial charge in [-0.25, -0.2) is 17.9 Å². The highest BCUT2D eigenvalue weighted by Crippen LogP contribution is 2.28. The van der Waals surface area contributed by atoms with Crippen LogP contribution in [0, 0.1) is 10.1 Å². The molecule has 5 aromatic rings. The molecule has 1 heterocycles. The van der Waals surface area contributed by atoms with Crippen LogP contribution in [0.5, 0.6) is 5.75 Å². The average Bonchev–Trinajstić information content (AvgIpc) is 3.23. The van der Waals surface area contributed by atoms with Gasteiger partial charge in [-0.3, -0.25) is 19.5 Å². The molecular weight excluding hydrogens is 524 g/mol. The first-order valence-electron chi connectivity index (χ1n) is 11.5. The number of imidazole rings is 1. The summed E-state index contributed by atoms with van der Waals surface area (Å²) in [6.45, 7) is 0.420. The van der Waals surface area contributed by atoms with E-state index in [1.54, 1.807) is 16.7 Å². The number of hydrogen-bond acceptors (Lipinski definition) is 7. The van der Waals surface area contributed by atoms with Crippen LogP contribution in [0.25, 0.3) is 22.2 Å². The Morgan fingerprint density at radius 2 is 1.64 bits per heavy atom. The van der Waals surface area contributed by atoms with Gasteiger partial charge in [0.2, 0.25) is 0 Å². The number of fused-ring (bicyclic) bond motifs is 1. The SMILES string of the molecule is O=C(NS(=O)(=O)c1ccc(O)c([N+](=O)[O-])c1)c1ccc(-c2ccc3c(c2)[nH]c(=O)n3Cc2ccccc2)cc1. The lowest BCUT2D eigenvalue weighted by Gasteiger charge is -2.09. The third kappa shape index (κ3) is 5.13. The van der Waals surface area contributed by atoms with Crippen molar-refractivity contribution in [2.45, 2.75) is 11.4 Å². The summed E-state index contributed by atoms with van der Waals surface area (Å²) in [5.41, 5.74) is 2.87. The van der Waals surface area contributed by atoms with Crippen molar-refractivity contribution in [1.82, 2.24) is 14.3 Å². The molecule has 12 heteroatoms. The van der Waals surface area contributed by atoms with Crippen LogP contribution in [0.1, 0.15) is 15.9 Å². The Morgan fingerprint density at radius 3 is 2.33 bits per heavy atom. The fraction of sp³-hybridized carbons (Fsp3) is 0.0370. The lowest BCUT2D eigenvalue weighted by Crippen LogP contribution is -2.30. The maximum Gasteiger partial charge on any atom is 0.326 e. The molecule has 196 valence electrons. The average molecular weight is 545 g/mol. The summed E-state index contributed by atoms with van der Waals surface area (Å²) in [6.07, 6.45) is 0. The van der Waals surface area contributed by atoms with E-state index in [9.17, 15) is 33.2 Å². The first-order chi connectivity index (χ1) is 18.6. The van der Waals surface area contributed by atoms with Crippen molar-refractivity contribution >= 4 is 32.7 Å². The van der Waals surface area contributed by atoms with Gasteiger partial charge in [0.25, 0.3) is 15.9 Å². The van der Waals surface area contributed by atoms with E-state index in [1.165, 1.54) is 12.1 Å². The molecule has 1 aromatic heterocycles. The molecule has 0 unspecified atom stereocenters. The number of rotatable bonds is 7. The van der Waals surface area contributed by atoms with Gasteiger partial charge in [-0.1, -0.05) is 48.5 Å². The molecule has 0 atom stereocenters. The molecule has 0 bridgehead atoms. The predicted octanol–water partition coefficient (Wildman–Crippen LogP) is 3.78. The number of carbonyl (C=O) groups excluding carboxylic acids is 1. The molecule has 39 heavy (non-hydrogen) atoms. The number of phenols is 1. The first-order valence-corrected chi connectivity index (χ1v) is 13.0. The number of sulfonamides is 1. The van der Waals surface area contributed by atoms with Crippen LogP contribution in [-0.2, 0) is 16.6 Å². The van der Waals surface area contributed by atoms with E-state index >= 15 is 0 Å². The molecule has 0 aliphatic rings. The van der Waals surface area contributed by atoms with E-state index in [4.69, 9.17) is 0 Å². The summed E-state index contributed by atoms with van der Waals surface area (Å²) in [5.74, 6) is -1.63. The molecule has 11 nitrogen and oxygen atoms in total. The van der Waals surface area contributed by atoms with Crippen molar-refractivity contribution in [3.8, 4) is 16.9 Å². The van der Waals surface area contributed by atoms with Crippen molar-refractivity contribution in [1.29, 1.82) is 0 Å². The Bertz CT molecular complexity index is 1890. The van der Waals surface area contributed by atoms with Gasteiger partial charge in [0.1, 0.15) is 0 Å². The zero-order chi connectivity index (χ0) is 27.7. The zero-order valence-electron chi connectivity index (χ0n) is 20.1. The molecule has 4 aromatic carbocycles. The van der Waals surface area contributed by atoms with Gasteiger partial charge in [-0.2, -0.15) is 0 Å². The summed E-state index contributed by atoms with van der Waals surface area (Å²) in [6, 6.07) is 23.7. The number of hydrogen-bond donors (Lipinski definition) is 3. The Labute approximate surface area is 221 Å². The van der Waals surface area contributed by atoms with Crippen molar-refractivity contribution in [2.24, 2.45) is 0 Å². The van der Waals surface area contributed by atoms with Gasteiger partial charge in [-0.05, 0) is 53.1 Å². The number of amides is 1. The first kappa shape index (κ1) is 25.4. The number of carbonyl (C=O) groups is 1. The van der Waals surface area contributed by atoms with Crippen LogP contribution in [0.3, 0.4) is 0 Å². The van der Waals surface area contributed by atoms with Gasteiger partial charge >= 0.3 is 11.4 Å². The lowest BCUT2D eigenvalue weighted by atomic mass is 10.0. The van der Waals surface area contributed by atoms with Crippen LogP contribution < -0.4 is 10.4 Å². The Balaban J connectivity index is 1.35. The molecule has 0 fully saturated rings. The van der Waals surface area contributed by atoms with Crippen molar-refractivity contribution in [3.05, 3.63) is 123 Å². The number of aromatic hydroxyl groups is 1. The molecule has 0 radical (unpaired) electrons. The molecule has 0 saturated heterocycles. The van der Waals surface area contributed by atoms with E-state index in [-0.39, 0.29) is 11.3 Å². The minimum absolute atomic E-state index is 0.0408.